The van der Waals surface area contributed by atoms with E-state index < -0.39 is 18.3 Å². The van der Waals surface area contributed by atoms with Gasteiger partial charge in [0.25, 0.3) is 0 Å². The molecule has 32 heavy (non-hydrogen) atoms. The second-order valence-electron chi connectivity index (χ2n) is 7.51. The number of amides is 1. The standard InChI is InChI=1S/C22H22ClN3O5S/c1-12(27)13-2-6-16(7-3-13)25-22(28)31-18-11-30-19-17(10-29-20(18)19)26-21(32)24-15-8-4-14(23)5-9-15/h2-9,17-20H,10-11H2,1H3,(H,25,28)(H2,24,26,32)/t17-,18+,19+,20+/m0/s1. The van der Waals surface area contributed by atoms with Gasteiger partial charge >= 0.3 is 6.09 Å². The molecular weight excluding hydrogens is 454 g/mol. The van der Waals surface area contributed by atoms with E-state index in [1.54, 1.807) is 36.4 Å². The Hall–Kier alpha value is -2.72. The minimum atomic E-state index is -0.616. The van der Waals surface area contributed by atoms with E-state index in [0.29, 0.717) is 28.0 Å². The maximum absolute atomic E-state index is 12.3. The number of hydrogen-bond donors (Lipinski definition) is 3. The Morgan fingerprint density at radius 1 is 0.969 bits per heavy atom. The normalized spacial score (nSPS) is 23.8. The van der Waals surface area contributed by atoms with Crippen molar-refractivity contribution in [3.05, 3.63) is 59.1 Å². The summed E-state index contributed by atoms with van der Waals surface area (Å²) in [6.07, 6.45) is -1.85. The highest BCUT2D eigenvalue weighted by Crippen LogP contribution is 2.29. The number of rotatable bonds is 5. The van der Waals surface area contributed by atoms with E-state index in [1.807, 2.05) is 12.1 Å². The largest absolute Gasteiger partial charge is 0.441 e. The molecule has 4 atom stereocenters. The fourth-order valence-electron chi connectivity index (χ4n) is 3.63. The first-order chi connectivity index (χ1) is 15.4. The number of carbonyl (C=O) groups excluding carboxylic acids is 2. The van der Waals surface area contributed by atoms with Crippen LogP contribution in [-0.4, -0.2) is 54.6 Å². The molecule has 1 amide bonds. The van der Waals surface area contributed by atoms with Crippen LogP contribution >= 0.6 is 23.8 Å². The zero-order chi connectivity index (χ0) is 22.7. The van der Waals surface area contributed by atoms with Crippen molar-refractivity contribution < 1.29 is 23.8 Å². The number of carbonyl (C=O) groups is 2. The van der Waals surface area contributed by atoms with Crippen molar-refractivity contribution in [2.45, 2.75) is 31.3 Å². The number of halogens is 1. The lowest BCUT2D eigenvalue weighted by molar-refractivity contribution is 0.00880. The van der Waals surface area contributed by atoms with Gasteiger partial charge in [-0.15, -0.1) is 0 Å². The van der Waals surface area contributed by atoms with Crippen LogP contribution in [0.2, 0.25) is 5.02 Å². The molecule has 2 aliphatic rings. The molecule has 2 saturated heterocycles. The minimum absolute atomic E-state index is 0.0438. The number of thiocarbonyl (C=S) groups is 1. The third kappa shape index (κ3) is 5.36. The van der Waals surface area contributed by atoms with Gasteiger partial charge in [0.15, 0.2) is 17.0 Å². The van der Waals surface area contributed by atoms with Crippen molar-refractivity contribution in [1.82, 2.24) is 5.32 Å². The second kappa shape index (κ2) is 9.83. The first-order valence-corrected chi connectivity index (χ1v) is 10.8. The SMILES string of the molecule is CC(=O)c1ccc(NC(=O)O[C@@H]2CO[C@H]3[C@@H]2OC[C@@H]3NC(=S)Nc2ccc(Cl)cc2)cc1. The van der Waals surface area contributed by atoms with Crippen LogP contribution in [0.1, 0.15) is 17.3 Å². The van der Waals surface area contributed by atoms with Crippen molar-refractivity contribution in [1.29, 1.82) is 0 Å². The molecule has 168 valence electrons. The molecule has 10 heteroatoms. The predicted molar refractivity (Wildman–Crippen MR) is 124 cm³/mol. The van der Waals surface area contributed by atoms with Gasteiger partial charge in [-0.2, -0.15) is 0 Å². The first-order valence-electron chi connectivity index (χ1n) is 10.0. The molecule has 8 nitrogen and oxygen atoms in total. The summed E-state index contributed by atoms with van der Waals surface area (Å²) >= 11 is 11.3. The fourth-order valence-corrected chi connectivity index (χ4v) is 4.03. The van der Waals surface area contributed by atoms with Gasteiger partial charge < -0.3 is 24.8 Å². The Bertz CT molecular complexity index is 1000. The summed E-state index contributed by atoms with van der Waals surface area (Å²) in [6.45, 7) is 2.07. The second-order valence-corrected chi connectivity index (χ2v) is 8.35. The average Bonchev–Trinajstić information content (AvgIpc) is 3.33. The molecule has 0 aromatic heterocycles. The quantitative estimate of drug-likeness (QED) is 0.445. The first kappa shape index (κ1) is 22.5. The van der Waals surface area contributed by atoms with Crippen LogP contribution in [-0.2, 0) is 14.2 Å². The Balaban J connectivity index is 1.27. The lowest BCUT2D eigenvalue weighted by Crippen LogP contribution is -2.46. The molecule has 0 saturated carbocycles. The van der Waals surface area contributed by atoms with Crippen molar-refractivity contribution >= 4 is 52.2 Å². The zero-order valence-electron chi connectivity index (χ0n) is 17.2. The number of ether oxygens (including phenoxy) is 3. The lowest BCUT2D eigenvalue weighted by atomic mass is 10.1. The van der Waals surface area contributed by atoms with Crippen LogP contribution < -0.4 is 16.0 Å². The molecule has 2 fully saturated rings. The highest BCUT2D eigenvalue weighted by molar-refractivity contribution is 7.80. The Kier molecular flexibility index (Phi) is 6.90. The summed E-state index contributed by atoms with van der Waals surface area (Å²) in [5.74, 6) is -0.0438. The highest BCUT2D eigenvalue weighted by atomic mass is 35.5. The van der Waals surface area contributed by atoms with Crippen LogP contribution in [0.4, 0.5) is 16.2 Å². The molecule has 3 N–H and O–H groups in total. The van der Waals surface area contributed by atoms with Gasteiger partial charge in [0.2, 0.25) is 0 Å². The molecule has 0 spiro atoms. The van der Waals surface area contributed by atoms with Crippen LogP contribution in [0.25, 0.3) is 0 Å². The van der Waals surface area contributed by atoms with Crippen molar-refractivity contribution in [3.63, 3.8) is 0 Å². The van der Waals surface area contributed by atoms with E-state index in [1.165, 1.54) is 6.92 Å². The summed E-state index contributed by atoms with van der Waals surface area (Å²) in [6, 6.07) is 13.6. The smallest absolute Gasteiger partial charge is 0.412 e. The number of fused-ring (bicyclic) bond motifs is 1. The predicted octanol–water partition coefficient (Wildman–Crippen LogP) is 3.61. The van der Waals surface area contributed by atoms with E-state index in [4.69, 9.17) is 38.0 Å². The number of Topliss-reactive ketones (excluding diaryl/α,β-unsaturated/α-hetero) is 1. The molecule has 0 aliphatic carbocycles. The minimum Gasteiger partial charge on any atom is -0.441 e. The van der Waals surface area contributed by atoms with Gasteiger partial charge in [-0.05, 0) is 67.7 Å². The maximum Gasteiger partial charge on any atom is 0.412 e. The van der Waals surface area contributed by atoms with Gasteiger partial charge in [0, 0.05) is 22.0 Å². The highest BCUT2D eigenvalue weighted by Gasteiger charge is 2.49. The van der Waals surface area contributed by atoms with Crippen molar-refractivity contribution in [2.24, 2.45) is 0 Å². The number of benzene rings is 2. The van der Waals surface area contributed by atoms with Crippen molar-refractivity contribution in [2.75, 3.05) is 23.8 Å². The Morgan fingerprint density at radius 3 is 2.28 bits per heavy atom. The number of ketones is 1. The van der Waals surface area contributed by atoms with E-state index in [-0.39, 0.29) is 24.5 Å². The number of nitrogens with one attached hydrogen (secondary N) is 3. The van der Waals surface area contributed by atoms with Gasteiger partial charge in [-0.25, -0.2) is 4.79 Å². The summed E-state index contributed by atoms with van der Waals surface area (Å²) in [7, 11) is 0. The third-order valence-corrected chi connectivity index (χ3v) is 5.69. The summed E-state index contributed by atoms with van der Waals surface area (Å²) in [5, 5.41) is 10.0. The van der Waals surface area contributed by atoms with Crippen LogP contribution in [0.3, 0.4) is 0 Å². The topological polar surface area (TPSA) is 97.9 Å². The van der Waals surface area contributed by atoms with Crippen LogP contribution in [0.5, 0.6) is 0 Å². The monoisotopic (exact) mass is 475 g/mol. The van der Waals surface area contributed by atoms with E-state index >= 15 is 0 Å². The molecule has 2 aromatic carbocycles. The summed E-state index contributed by atoms with van der Waals surface area (Å²) in [4.78, 5) is 23.6. The van der Waals surface area contributed by atoms with E-state index in [2.05, 4.69) is 16.0 Å². The van der Waals surface area contributed by atoms with Crippen LogP contribution in [0.15, 0.2) is 48.5 Å². The van der Waals surface area contributed by atoms with Gasteiger partial charge in [-0.3, -0.25) is 10.1 Å². The third-order valence-electron chi connectivity index (χ3n) is 5.22. The maximum atomic E-state index is 12.3. The average molecular weight is 476 g/mol. The molecule has 4 rings (SSSR count). The molecular formula is C22H22ClN3O5S. The number of anilines is 2. The molecule has 0 radical (unpaired) electrons. The molecule has 2 aliphatic heterocycles. The fraction of sp³-hybridized carbons (Fsp3) is 0.318. The lowest BCUT2D eigenvalue weighted by Gasteiger charge is -2.20. The van der Waals surface area contributed by atoms with E-state index in [9.17, 15) is 9.59 Å². The van der Waals surface area contributed by atoms with Gasteiger partial charge in [0.05, 0.1) is 19.3 Å². The Labute approximate surface area is 195 Å². The summed E-state index contributed by atoms with van der Waals surface area (Å²) < 4.78 is 17.2. The van der Waals surface area contributed by atoms with Gasteiger partial charge in [0.1, 0.15) is 12.2 Å². The van der Waals surface area contributed by atoms with Gasteiger partial charge in [-0.1, -0.05) is 11.6 Å². The Morgan fingerprint density at radius 2 is 1.59 bits per heavy atom. The molecule has 2 heterocycles. The van der Waals surface area contributed by atoms with Crippen LogP contribution in [0, 0.1) is 0 Å². The molecule has 0 unspecified atom stereocenters. The number of hydrogen-bond acceptors (Lipinski definition) is 6. The van der Waals surface area contributed by atoms with E-state index in [0.717, 1.165) is 5.69 Å². The zero-order valence-corrected chi connectivity index (χ0v) is 18.7. The summed E-state index contributed by atoms with van der Waals surface area (Å²) in [5.41, 5.74) is 1.90. The molecule has 0 bridgehead atoms. The molecule has 2 aromatic rings. The van der Waals surface area contributed by atoms with Crippen molar-refractivity contribution in [3.8, 4) is 0 Å².